The van der Waals surface area contributed by atoms with Gasteiger partial charge in [-0.3, -0.25) is 0 Å². The van der Waals surface area contributed by atoms with Gasteiger partial charge >= 0.3 is 0 Å². The number of hydrogen-bond acceptors (Lipinski definition) is 5. The van der Waals surface area contributed by atoms with E-state index in [0.717, 1.165) is 0 Å². The summed E-state index contributed by atoms with van der Waals surface area (Å²) in [5, 5.41) is 28.3. The summed E-state index contributed by atoms with van der Waals surface area (Å²) in [6, 6.07) is 2.80. The van der Waals surface area contributed by atoms with E-state index in [9.17, 15) is 10.3 Å². The summed E-state index contributed by atoms with van der Waals surface area (Å²) in [7, 11) is 2.87. The molecule has 2 atom stereocenters. The molecule has 0 aromatic heterocycles. The van der Waals surface area contributed by atoms with Crippen LogP contribution in [-0.2, 0) is 0 Å². The Labute approximate surface area is 93.2 Å². The van der Waals surface area contributed by atoms with Gasteiger partial charge in [0.05, 0.1) is 20.3 Å². The van der Waals surface area contributed by atoms with E-state index in [1.165, 1.54) is 33.3 Å². The first-order valence-electron chi connectivity index (χ1n) is 4.68. The zero-order valence-electron chi connectivity index (χ0n) is 9.35. The smallest absolute Gasteiger partial charge is 0.173 e. The third-order valence-corrected chi connectivity index (χ3v) is 2.24. The van der Waals surface area contributed by atoms with Crippen molar-refractivity contribution in [1.82, 2.24) is 0 Å². The molecule has 0 fully saturated rings. The Bertz CT molecular complexity index is 329. The van der Waals surface area contributed by atoms with Gasteiger partial charge in [-0.15, -0.1) is 0 Å². The third-order valence-electron chi connectivity index (χ3n) is 2.24. The first-order chi connectivity index (χ1) is 7.51. The van der Waals surface area contributed by atoms with Crippen LogP contribution in [0.15, 0.2) is 12.1 Å². The van der Waals surface area contributed by atoms with E-state index in [4.69, 9.17) is 14.7 Å². The van der Waals surface area contributed by atoms with Crippen LogP contribution in [-0.4, -0.2) is 24.5 Å². The number of benzene rings is 1. The molecule has 0 bridgehead atoms. The number of methoxy groups -OCH3 is 2. The topological polar surface area (TPSA) is 86.4 Å². The highest BCUT2D eigenvalue weighted by atomic mass is 16.8. The van der Waals surface area contributed by atoms with Gasteiger partial charge < -0.3 is 19.8 Å². The Balaban J connectivity index is 3.35. The lowest BCUT2D eigenvalue weighted by atomic mass is 10.1. The second kappa shape index (κ2) is 5.13. The van der Waals surface area contributed by atoms with E-state index < -0.39 is 11.3 Å². The molecule has 1 aromatic rings. The second-order valence-corrected chi connectivity index (χ2v) is 3.28. The Morgan fingerprint density at radius 3 is 2.12 bits per heavy atom. The fourth-order valence-corrected chi connectivity index (χ4v) is 1.43. The lowest BCUT2D eigenvalue weighted by molar-refractivity contribution is -0.991. The Morgan fingerprint density at radius 1 is 1.25 bits per heavy atom. The number of hydrogen-bond donors (Lipinski definition) is 3. The minimum absolute atomic E-state index is 0.00708. The summed E-state index contributed by atoms with van der Waals surface area (Å²) >= 11 is 0. The predicted octanol–water partition coefficient (Wildman–Crippen LogP) is 0.160. The average molecular weight is 229 g/mol. The highest BCUT2D eigenvalue weighted by Crippen LogP contribution is 2.34. The van der Waals surface area contributed by atoms with Crippen molar-refractivity contribution < 1.29 is 25.0 Å². The van der Waals surface area contributed by atoms with Gasteiger partial charge in [-0.05, 0) is 13.0 Å². The van der Waals surface area contributed by atoms with Crippen LogP contribution in [0, 0.1) is 5.21 Å². The molecular weight excluding hydrogens is 214 g/mol. The molecule has 0 saturated carbocycles. The first kappa shape index (κ1) is 12.7. The van der Waals surface area contributed by atoms with Crippen molar-refractivity contribution >= 4 is 5.69 Å². The van der Waals surface area contributed by atoms with Crippen LogP contribution >= 0.6 is 0 Å². The van der Waals surface area contributed by atoms with Gasteiger partial charge in [0.1, 0.15) is 0 Å². The molecule has 90 valence electrons. The maximum atomic E-state index is 11.0. The fourth-order valence-electron chi connectivity index (χ4n) is 1.43. The monoisotopic (exact) mass is 229 g/mol. The summed E-state index contributed by atoms with van der Waals surface area (Å²) in [5.74, 6) is 0.715. The van der Waals surface area contributed by atoms with Gasteiger partial charge in [0.2, 0.25) is 0 Å². The van der Waals surface area contributed by atoms with Gasteiger partial charge in [-0.25, -0.2) is 5.21 Å². The SMILES string of the molecule is COc1cc([C@H](C)O)c([NH+]([O-])O)cc1OC. The van der Waals surface area contributed by atoms with Crippen molar-refractivity contribution in [1.29, 1.82) is 0 Å². The highest BCUT2D eigenvalue weighted by molar-refractivity contribution is 5.54. The molecule has 1 aromatic carbocycles. The van der Waals surface area contributed by atoms with E-state index in [0.29, 0.717) is 17.1 Å². The number of nitrogens with one attached hydrogen (secondary N) is 1. The van der Waals surface area contributed by atoms with Gasteiger partial charge in [0, 0.05) is 11.6 Å². The number of aliphatic hydroxyl groups is 1. The van der Waals surface area contributed by atoms with Crippen molar-refractivity contribution in [3.8, 4) is 11.5 Å². The maximum absolute atomic E-state index is 11.0. The minimum atomic E-state index is -1.11. The molecule has 0 amide bonds. The van der Waals surface area contributed by atoms with E-state index in [1.54, 1.807) is 0 Å². The maximum Gasteiger partial charge on any atom is 0.173 e. The van der Waals surface area contributed by atoms with Gasteiger partial charge in [0.25, 0.3) is 0 Å². The molecular formula is C10H15NO5. The quantitative estimate of drug-likeness (QED) is 0.640. The van der Waals surface area contributed by atoms with Crippen LogP contribution in [0.2, 0.25) is 0 Å². The molecule has 1 rings (SSSR count). The van der Waals surface area contributed by atoms with Crippen LogP contribution in [0.4, 0.5) is 5.69 Å². The first-order valence-corrected chi connectivity index (χ1v) is 4.68. The second-order valence-electron chi connectivity index (χ2n) is 3.28. The molecule has 3 N–H and O–H groups in total. The largest absolute Gasteiger partial charge is 0.595 e. The van der Waals surface area contributed by atoms with Crippen molar-refractivity contribution in [2.75, 3.05) is 14.2 Å². The van der Waals surface area contributed by atoms with Crippen molar-refractivity contribution in [2.24, 2.45) is 0 Å². The van der Waals surface area contributed by atoms with Crippen LogP contribution in [0.25, 0.3) is 0 Å². The Kier molecular flexibility index (Phi) is 4.08. The van der Waals surface area contributed by atoms with Gasteiger partial charge in [-0.1, -0.05) is 0 Å². The zero-order chi connectivity index (χ0) is 12.3. The molecule has 1 unspecified atom stereocenters. The highest BCUT2D eigenvalue weighted by Gasteiger charge is 2.18. The zero-order valence-corrected chi connectivity index (χ0v) is 9.35. The molecule has 6 heteroatoms. The Hall–Kier alpha value is -1.34. The molecule has 0 spiro atoms. The normalized spacial score (nSPS) is 14.4. The van der Waals surface area contributed by atoms with E-state index >= 15 is 0 Å². The number of rotatable bonds is 4. The van der Waals surface area contributed by atoms with Gasteiger partial charge in [-0.2, -0.15) is 5.23 Å². The van der Waals surface area contributed by atoms with Crippen LogP contribution in [0.5, 0.6) is 11.5 Å². The Morgan fingerprint density at radius 2 is 1.75 bits per heavy atom. The summed E-state index contributed by atoms with van der Waals surface area (Å²) in [6.07, 6.45) is -0.883. The summed E-state index contributed by atoms with van der Waals surface area (Å²) < 4.78 is 10.0. The molecule has 0 heterocycles. The standard InChI is InChI=1S/C10H15NO5/c1-6(12)7-4-9(15-2)10(16-3)5-8(7)11(13)14/h4-6,11-13H,1-3H3/t6-/m0/s1. The molecule has 0 aliphatic rings. The summed E-state index contributed by atoms with van der Waals surface area (Å²) in [4.78, 5) is 0. The number of ether oxygens (including phenoxy) is 2. The molecule has 0 radical (unpaired) electrons. The molecule has 0 saturated heterocycles. The fraction of sp³-hybridized carbons (Fsp3) is 0.400. The average Bonchev–Trinajstić information content (AvgIpc) is 2.26. The number of aliphatic hydroxyl groups excluding tert-OH is 1. The predicted molar refractivity (Wildman–Crippen MR) is 56.0 cm³/mol. The van der Waals surface area contributed by atoms with E-state index in [-0.39, 0.29) is 5.69 Å². The summed E-state index contributed by atoms with van der Waals surface area (Å²) in [5.41, 5.74) is 0.304. The molecule has 6 nitrogen and oxygen atoms in total. The lowest BCUT2D eigenvalue weighted by Gasteiger charge is -2.19. The van der Waals surface area contributed by atoms with Crippen molar-refractivity contribution in [2.45, 2.75) is 13.0 Å². The van der Waals surface area contributed by atoms with E-state index in [2.05, 4.69) is 0 Å². The number of quaternary nitrogens is 1. The van der Waals surface area contributed by atoms with Crippen LogP contribution < -0.4 is 14.7 Å². The summed E-state index contributed by atoms with van der Waals surface area (Å²) in [6.45, 7) is 1.49. The van der Waals surface area contributed by atoms with Crippen LogP contribution in [0.3, 0.4) is 0 Å². The molecule has 16 heavy (non-hydrogen) atoms. The van der Waals surface area contributed by atoms with Crippen molar-refractivity contribution in [3.63, 3.8) is 0 Å². The third kappa shape index (κ3) is 2.42. The minimum Gasteiger partial charge on any atom is -0.595 e. The van der Waals surface area contributed by atoms with Crippen molar-refractivity contribution in [3.05, 3.63) is 22.9 Å². The molecule has 0 aliphatic heterocycles. The lowest BCUT2D eigenvalue weighted by Crippen LogP contribution is -2.99. The van der Waals surface area contributed by atoms with Gasteiger partial charge in [0.15, 0.2) is 17.2 Å². The van der Waals surface area contributed by atoms with Crippen LogP contribution in [0.1, 0.15) is 18.6 Å². The molecule has 0 aliphatic carbocycles. The van der Waals surface area contributed by atoms with E-state index in [1.807, 2.05) is 0 Å².